The van der Waals surface area contributed by atoms with Gasteiger partial charge in [-0.05, 0) is 36.5 Å². The molecule has 188 valence electrons. The van der Waals surface area contributed by atoms with Crippen LogP contribution in [0.15, 0.2) is 71.9 Å². The van der Waals surface area contributed by atoms with Crippen molar-refractivity contribution >= 4 is 29.2 Å². The molecule has 1 atom stereocenters. The number of rotatable bonds is 4. The molecule has 2 heterocycles. The fourth-order valence-electron chi connectivity index (χ4n) is 4.02. The van der Waals surface area contributed by atoms with Crippen LogP contribution in [-0.4, -0.2) is 34.7 Å². The number of amidine groups is 1. The van der Waals surface area contributed by atoms with E-state index < -0.39 is 35.7 Å². The zero-order valence-electron chi connectivity index (χ0n) is 19.3. The van der Waals surface area contributed by atoms with Gasteiger partial charge in [-0.15, -0.1) is 0 Å². The molecule has 0 unspecified atom stereocenters. The summed E-state index contributed by atoms with van der Waals surface area (Å²) in [6, 6.07) is 16.7. The zero-order valence-corrected chi connectivity index (χ0v) is 19.3. The van der Waals surface area contributed by atoms with Crippen molar-refractivity contribution in [3.8, 4) is 0 Å². The maximum Gasteiger partial charge on any atom is 0.417 e. The molecule has 11 heteroatoms. The van der Waals surface area contributed by atoms with E-state index in [-0.39, 0.29) is 17.2 Å². The third-order valence-corrected chi connectivity index (χ3v) is 5.94. The first-order valence-electron chi connectivity index (χ1n) is 11.4. The Morgan fingerprint density at radius 2 is 1.76 bits per heavy atom. The van der Waals surface area contributed by atoms with Gasteiger partial charge >= 0.3 is 6.18 Å². The van der Waals surface area contributed by atoms with Crippen molar-refractivity contribution in [2.24, 2.45) is 4.99 Å². The number of aliphatic imine (C=N–C) groups is 1. The van der Waals surface area contributed by atoms with Crippen molar-refractivity contribution in [1.29, 1.82) is 10.8 Å². The monoisotopic (exact) mass is 506 g/mol. The van der Waals surface area contributed by atoms with Crippen molar-refractivity contribution in [3.05, 3.63) is 94.8 Å². The van der Waals surface area contributed by atoms with E-state index in [1.165, 1.54) is 0 Å². The van der Waals surface area contributed by atoms with E-state index in [2.05, 4.69) is 20.6 Å². The highest BCUT2D eigenvalue weighted by Gasteiger charge is 2.36. The number of ether oxygens (including phenoxy) is 1. The van der Waals surface area contributed by atoms with E-state index >= 15 is 0 Å². The molecule has 5 rings (SSSR count). The number of carbonyl (C=O) groups excluding carboxylic acids is 1. The zero-order chi connectivity index (χ0) is 26.2. The average molecular weight is 506 g/mol. The quantitative estimate of drug-likeness (QED) is 0.304. The van der Waals surface area contributed by atoms with E-state index in [0.29, 0.717) is 36.0 Å². The minimum absolute atomic E-state index is 0.0757. The molecule has 1 fully saturated rings. The average Bonchev–Trinajstić information content (AvgIpc) is 3.72. The summed E-state index contributed by atoms with van der Waals surface area (Å²) in [5, 5.41) is 21.8. The highest BCUT2D eigenvalue weighted by atomic mass is 19.4. The molecule has 0 spiro atoms. The van der Waals surface area contributed by atoms with Gasteiger partial charge in [-0.1, -0.05) is 48.5 Å². The van der Waals surface area contributed by atoms with E-state index in [1.54, 1.807) is 12.1 Å². The largest absolute Gasteiger partial charge is 0.417 e. The molecule has 3 aromatic rings. The molecule has 2 aromatic carbocycles. The number of fused-ring (bicyclic) bond motifs is 1. The summed E-state index contributed by atoms with van der Waals surface area (Å²) in [5.41, 5.74) is 1.76. The molecule has 1 aromatic heterocycles. The molecule has 37 heavy (non-hydrogen) atoms. The number of hydrogen-bond acceptors (Lipinski definition) is 6. The molecule has 1 saturated carbocycles. The van der Waals surface area contributed by atoms with Crippen LogP contribution < -0.4 is 10.6 Å². The standard InChI is InChI=1S/C26H21F3N6O2/c27-26(28,29)16-12-18(14-10-11-14)21(32-13-16)22(30)37-25(31)35-23-24(36)33-19-9-5-4-8-17(19)20(34-23)15-6-2-1-3-7-15/h1-9,12-14,23,30H,10-11H2,(H2,31,35)(H,33,36)/t23-/m1/s1. The first-order valence-corrected chi connectivity index (χ1v) is 11.4. The number of benzene rings is 2. The van der Waals surface area contributed by atoms with Crippen molar-refractivity contribution in [1.82, 2.24) is 10.3 Å². The number of anilines is 1. The van der Waals surface area contributed by atoms with Crippen molar-refractivity contribution < 1.29 is 22.7 Å². The molecule has 1 aliphatic heterocycles. The summed E-state index contributed by atoms with van der Waals surface area (Å²) in [6.45, 7) is 0. The second-order valence-electron chi connectivity index (χ2n) is 8.62. The Labute approximate surface area is 209 Å². The van der Waals surface area contributed by atoms with Gasteiger partial charge < -0.3 is 15.4 Å². The number of nitrogens with one attached hydrogen (secondary N) is 4. The summed E-state index contributed by atoms with van der Waals surface area (Å²) in [7, 11) is 0. The lowest BCUT2D eigenvalue weighted by Crippen LogP contribution is -2.43. The highest BCUT2D eigenvalue weighted by Crippen LogP contribution is 2.43. The molecule has 1 amide bonds. The number of benzodiazepines with no additional fused rings is 1. The van der Waals surface area contributed by atoms with E-state index in [9.17, 15) is 18.0 Å². The van der Waals surface area contributed by atoms with Gasteiger partial charge in [0.2, 0.25) is 12.1 Å². The van der Waals surface area contributed by atoms with Gasteiger partial charge in [0.05, 0.1) is 17.0 Å². The number of carbonyl (C=O) groups is 1. The van der Waals surface area contributed by atoms with Crippen LogP contribution in [0.4, 0.5) is 18.9 Å². The second-order valence-corrected chi connectivity index (χ2v) is 8.62. The molecular weight excluding hydrogens is 485 g/mol. The minimum atomic E-state index is -4.56. The molecule has 0 radical (unpaired) electrons. The molecule has 8 nitrogen and oxygen atoms in total. The molecule has 4 N–H and O–H groups in total. The SMILES string of the molecule is N=C(N[C@H]1N=C(c2ccccc2)c2ccccc2NC1=O)OC(=N)c1ncc(C(F)(F)F)cc1C1CC1. The Balaban J connectivity index is 1.38. The summed E-state index contributed by atoms with van der Waals surface area (Å²) in [6.07, 6.45) is -3.84. The molecule has 2 aliphatic rings. The summed E-state index contributed by atoms with van der Waals surface area (Å²) >= 11 is 0. The first kappa shape index (κ1) is 24.2. The maximum atomic E-state index is 13.2. The molecular formula is C26H21F3N6O2. The smallest absolute Gasteiger partial charge is 0.405 e. The van der Waals surface area contributed by atoms with Crippen LogP contribution >= 0.6 is 0 Å². The Morgan fingerprint density at radius 1 is 1.05 bits per heavy atom. The fourth-order valence-corrected chi connectivity index (χ4v) is 4.02. The number of pyridine rings is 1. The van der Waals surface area contributed by atoms with E-state index in [1.807, 2.05) is 42.5 Å². The van der Waals surface area contributed by atoms with Crippen LogP contribution in [0, 0.1) is 10.8 Å². The van der Waals surface area contributed by atoms with Crippen LogP contribution in [0.3, 0.4) is 0 Å². The van der Waals surface area contributed by atoms with Crippen molar-refractivity contribution in [2.75, 3.05) is 5.32 Å². The molecule has 0 bridgehead atoms. The Morgan fingerprint density at radius 3 is 2.46 bits per heavy atom. The number of hydrogen-bond donors (Lipinski definition) is 4. The number of nitrogens with zero attached hydrogens (tertiary/aromatic N) is 2. The van der Waals surface area contributed by atoms with Gasteiger partial charge in [0.25, 0.3) is 11.9 Å². The summed E-state index contributed by atoms with van der Waals surface area (Å²) in [5.74, 6) is -1.30. The third-order valence-electron chi connectivity index (χ3n) is 5.94. The summed E-state index contributed by atoms with van der Waals surface area (Å²) < 4.78 is 44.7. The number of amides is 1. The topological polar surface area (TPSA) is 123 Å². The van der Waals surface area contributed by atoms with Crippen LogP contribution in [0.5, 0.6) is 0 Å². The number of aromatic nitrogens is 1. The Hall–Kier alpha value is -4.54. The number of alkyl halides is 3. The highest BCUT2D eigenvalue weighted by molar-refractivity contribution is 6.19. The summed E-state index contributed by atoms with van der Waals surface area (Å²) in [4.78, 5) is 21.3. The van der Waals surface area contributed by atoms with Crippen molar-refractivity contribution in [2.45, 2.75) is 31.1 Å². The van der Waals surface area contributed by atoms with Crippen LogP contribution in [0.1, 0.15) is 46.7 Å². The minimum Gasteiger partial charge on any atom is -0.405 e. The maximum absolute atomic E-state index is 13.2. The Kier molecular flexibility index (Phi) is 6.20. The van der Waals surface area contributed by atoms with Gasteiger partial charge in [-0.3, -0.25) is 20.6 Å². The van der Waals surface area contributed by atoms with Gasteiger partial charge in [0, 0.05) is 17.3 Å². The van der Waals surface area contributed by atoms with Crippen LogP contribution in [0.2, 0.25) is 0 Å². The number of para-hydroxylation sites is 1. The van der Waals surface area contributed by atoms with Gasteiger partial charge in [0.15, 0.2) is 0 Å². The number of halogens is 3. The van der Waals surface area contributed by atoms with Gasteiger partial charge in [-0.2, -0.15) is 13.2 Å². The van der Waals surface area contributed by atoms with Gasteiger partial charge in [-0.25, -0.2) is 4.99 Å². The third kappa shape index (κ3) is 5.20. The van der Waals surface area contributed by atoms with E-state index in [4.69, 9.17) is 15.6 Å². The fraction of sp³-hybridized carbons (Fsp3) is 0.192. The lowest BCUT2D eigenvalue weighted by atomic mass is 10.0. The first-order chi connectivity index (χ1) is 17.7. The van der Waals surface area contributed by atoms with Crippen LogP contribution in [-0.2, 0) is 15.7 Å². The second kappa shape index (κ2) is 9.49. The lowest BCUT2D eigenvalue weighted by molar-refractivity contribution is -0.137. The van der Waals surface area contributed by atoms with Gasteiger partial charge in [0.1, 0.15) is 5.69 Å². The molecule has 1 aliphatic carbocycles. The van der Waals surface area contributed by atoms with Crippen molar-refractivity contribution in [3.63, 3.8) is 0 Å². The molecule has 0 saturated heterocycles. The Bertz CT molecular complexity index is 1420. The normalized spacial score (nSPS) is 17.1. The predicted octanol–water partition coefficient (Wildman–Crippen LogP) is 4.66. The van der Waals surface area contributed by atoms with Crippen LogP contribution in [0.25, 0.3) is 0 Å². The predicted molar refractivity (Wildman–Crippen MR) is 131 cm³/mol. The van der Waals surface area contributed by atoms with E-state index in [0.717, 1.165) is 11.6 Å². The lowest BCUT2D eigenvalue weighted by Gasteiger charge is -2.17.